The quantitative estimate of drug-likeness (QED) is 0.142. The molecule has 0 aliphatic carbocycles. The first kappa shape index (κ1) is 29.5. The Hall–Kier alpha value is -2.47. The number of nitrogens with zero attached hydrogens (tertiary/aromatic N) is 3. The summed E-state index contributed by atoms with van der Waals surface area (Å²) < 4.78 is 15.2. The van der Waals surface area contributed by atoms with Crippen molar-refractivity contribution in [3.8, 4) is 22.9 Å². The summed E-state index contributed by atoms with van der Waals surface area (Å²) in [5.41, 5.74) is 4.18. The molecule has 8 heteroatoms. The molecule has 0 atom stereocenters. The summed E-state index contributed by atoms with van der Waals surface area (Å²) in [5, 5.41) is 5.21. The van der Waals surface area contributed by atoms with Gasteiger partial charge in [-0.2, -0.15) is 9.78 Å². The third-order valence-electron chi connectivity index (χ3n) is 6.19. The third-order valence-corrected chi connectivity index (χ3v) is 7.79. The van der Waals surface area contributed by atoms with Crippen molar-refractivity contribution in [3.05, 3.63) is 82.7 Å². The van der Waals surface area contributed by atoms with E-state index in [0.717, 1.165) is 40.9 Å². The molecule has 0 N–H and O–H groups in total. The number of halogens is 2. The van der Waals surface area contributed by atoms with Crippen LogP contribution in [0.2, 0.25) is 0 Å². The summed E-state index contributed by atoms with van der Waals surface area (Å²) in [6, 6.07) is 15.5. The van der Waals surface area contributed by atoms with Gasteiger partial charge in [-0.15, -0.1) is 0 Å². The fourth-order valence-corrected chi connectivity index (χ4v) is 6.30. The summed E-state index contributed by atoms with van der Waals surface area (Å²) in [6.07, 6.45) is 1.71. The minimum atomic E-state index is -0.220. The van der Waals surface area contributed by atoms with Crippen LogP contribution >= 0.6 is 45.2 Å². The molecule has 0 bridgehead atoms. The van der Waals surface area contributed by atoms with Crippen molar-refractivity contribution in [1.82, 2.24) is 9.66 Å². The zero-order valence-electron chi connectivity index (χ0n) is 23.3. The molecule has 0 saturated heterocycles. The van der Waals surface area contributed by atoms with Crippen molar-refractivity contribution >= 4 is 62.3 Å². The van der Waals surface area contributed by atoms with Crippen molar-refractivity contribution in [3.63, 3.8) is 0 Å². The van der Waals surface area contributed by atoms with Crippen LogP contribution in [0, 0.1) is 19.5 Å². The number of aromatic nitrogens is 2. The lowest BCUT2D eigenvalue weighted by atomic mass is 9.96. The maximum Gasteiger partial charge on any atom is 0.282 e. The number of aryl methyl sites for hydroxylation is 1. The lowest BCUT2D eigenvalue weighted by Crippen LogP contribution is -2.21. The van der Waals surface area contributed by atoms with Gasteiger partial charge in [-0.3, -0.25) is 4.79 Å². The van der Waals surface area contributed by atoms with Gasteiger partial charge in [0.25, 0.3) is 5.56 Å². The SMILES string of the molecule is COc1cc(C)c(-c2nc3ccccc3c(=O)n2N=Cc2cc(I)c(OCC(C)(C)C)c(I)c2)cc1C(C)C. The smallest absolute Gasteiger partial charge is 0.282 e. The molecule has 0 unspecified atom stereocenters. The topological polar surface area (TPSA) is 65.7 Å². The lowest BCUT2D eigenvalue weighted by Gasteiger charge is -2.20. The van der Waals surface area contributed by atoms with E-state index in [0.29, 0.717) is 23.3 Å². The number of hydrogen-bond donors (Lipinski definition) is 0. The molecular formula is C31H33I2N3O3. The molecule has 4 aromatic rings. The van der Waals surface area contributed by atoms with Gasteiger partial charge < -0.3 is 9.47 Å². The second-order valence-electron chi connectivity index (χ2n) is 11.0. The van der Waals surface area contributed by atoms with Gasteiger partial charge in [0, 0.05) is 5.56 Å². The van der Waals surface area contributed by atoms with Crippen molar-refractivity contribution in [2.24, 2.45) is 10.5 Å². The zero-order valence-corrected chi connectivity index (χ0v) is 27.6. The average molecular weight is 749 g/mol. The molecular weight excluding hydrogens is 716 g/mol. The largest absolute Gasteiger partial charge is 0.496 e. The van der Waals surface area contributed by atoms with Crippen LogP contribution in [0.3, 0.4) is 0 Å². The van der Waals surface area contributed by atoms with Crippen molar-refractivity contribution in [2.75, 3.05) is 13.7 Å². The third kappa shape index (κ3) is 6.65. The zero-order chi connectivity index (χ0) is 28.5. The standard InChI is InChI=1S/C31H33I2N3O3/c1-18(2)22-15-23(19(3)12-27(22)38-7)29-35-26-11-9-8-10-21(26)30(37)36(29)34-16-20-13-24(32)28(25(33)14-20)39-17-31(4,5)6/h8-16,18H,17H2,1-7H3. The first-order valence-corrected chi connectivity index (χ1v) is 14.9. The molecule has 4 rings (SSSR count). The van der Waals surface area contributed by atoms with Crippen molar-refractivity contribution < 1.29 is 9.47 Å². The Morgan fingerprint density at radius 2 is 1.74 bits per heavy atom. The maximum atomic E-state index is 13.7. The van der Waals surface area contributed by atoms with Crippen molar-refractivity contribution in [2.45, 2.75) is 47.5 Å². The van der Waals surface area contributed by atoms with Gasteiger partial charge in [0.05, 0.1) is 38.0 Å². The lowest BCUT2D eigenvalue weighted by molar-refractivity contribution is 0.195. The molecule has 0 radical (unpaired) electrons. The maximum absolute atomic E-state index is 13.7. The van der Waals surface area contributed by atoms with E-state index in [1.165, 1.54) is 4.68 Å². The van der Waals surface area contributed by atoms with E-state index in [1.807, 2.05) is 43.3 Å². The molecule has 0 aliphatic heterocycles. The molecule has 0 amide bonds. The normalized spacial score (nSPS) is 12.1. The summed E-state index contributed by atoms with van der Waals surface area (Å²) in [7, 11) is 1.68. The average Bonchev–Trinajstić information content (AvgIpc) is 2.86. The van der Waals surface area contributed by atoms with Crippen LogP contribution < -0.4 is 15.0 Å². The van der Waals surface area contributed by atoms with E-state index < -0.39 is 0 Å². The molecule has 1 aromatic heterocycles. The van der Waals surface area contributed by atoms with E-state index in [9.17, 15) is 4.79 Å². The van der Waals surface area contributed by atoms with Gasteiger partial charge in [0.15, 0.2) is 5.82 Å². The van der Waals surface area contributed by atoms with Gasteiger partial charge in [-0.25, -0.2) is 4.98 Å². The summed E-state index contributed by atoms with van der Waals surface area (Å²) >= 11 is 4.58. The minimum absolute atomic E-state index is 0.0575. The number of fused-ring (bicyclic) bond motifs is 1. The Bertz CT molecular complexity index is 1600. The molecule has 0 saturated carbocycles. The monoisotopic (exact) mass is 749 g/mol. The molecule has 3 aromatic carbocycles. The van der Waals surface area contributed by atoms with Crippen LogP contribution in [0.5, 0.6) is 11.5 Å². The van der Waals surface area contributed by atoms with Crippen molar-refractivity contribution in [1.29, 1.82) is 0 Å². The second-order valence-corrected chi connectivity index (χ2v) is 13.4. The molecule has 1 heterocycles. The van der Waals surface area contributed by atoms with E-state index in [1.54, 1.807) is 19.4 Å². The van der Waals surface area contributed by atoms with E-state index in [-0.39, 0.29) is 16.9 Å². The van der Waals surface area contributed by atoms with Crippen LogP contribution in [0.25, 0.3) is 22.3 Å². The van der Waals surface area contributed by atoms with Crippen LogP contribution in [0.4, 0.5) is 0 Å². The summed E-state index contributed by atoms with van der Waals surface area (Å²) in [5.74, 6) is 2.41. The van der Waals surface area contributed by atoms with E-state index in [4.69, 9.17) is 19.6 Å². The molecule has 0 fully saturated rings. The second kappa shape index (κ2) is 12.0. The number of benzene rings is 3. The number of methoxy groups -OCH3 is 1. The van der Waals surface area contributed by atoms with Gasteiger partial charge >= 0.3 is 0 Å². The first-order chi connectivity index (χ1) is 18.4. The number of para-hydroxylation sites is 1. The molecule has 0 spiro atoms. The molecule has 204 valence electrons. The predicted octanol–water partition coefficient (Wildman–Crippen LogP) is 8.02. The van der Waals surface area contributed by atoms with Crippen LogP contribution in [0.15, 0.2) is 58.4 Å². The van der Waals surface area contributed by atoms with Gasteiger partial charge in [-0.05, 0) is 117 Å². The highest BCUT2D eigenvalue weighted by Gasteiger charge is 2.19. The highest BCUT2D eigenvalue weighted by molar-refractivity contribution is 14.1. The summed E-state index contributed by atoms with van der Waals surface area (Å²) in [4.78, 5) is 18.6. The highest BCUT2D eigenvalue weighted by Crippen LogP contribution is 2.34. The van der Waals surface area contributed by atoms with Gasteiger partial charge in [-0.1, -0.05) is 46.8 Å². The Morgan fingerprint density at radius 3 is 2.36 bits per heavy atom. The fourth-order valence-electron chi connectivity index (χ4n) is 4.18. The highest BCUT2D eigenvalue weighted by atomic mass is 127. The Morgan fingerprint density at radius 1 is 1.08 bits per heavy atom. The Kier molecular flexibility index (Phi) is 9.05. The minimum Gasteiger partial charge on any atom is -0.496 e. The fraction of sp³-hybridized carbons (Fsp3) is 0.323. The molecule has 39 heavy (non-hydrogen) atoms. The number of hydrogen-bond acceptors (Lipinski definition) is 5. The van der Waals surface area contributed by atoms with Crippen LogP contribution in [-0.2, 0) is 0 Å². The summed E-state index contributed by atoms with van der Waals surface area (Å²) in [6.45, 7) is 13.3. The van der Waals surface area contributed by atoms with E-state index in [2.05, 4.69) is 85.9 Å². The first-order valence-electron chi connectivity index (χ1n) is 12.8. The predicted molar refractivity (Wildman–Crippen MR) is 177 cm³/mol. The molecule has 6 nitrogen and oxygen atoms in total. The Balaban J connectivity index is 1.86. The van der Waals surface area contributed by atoms with Crippen LogP contribution in [0.1, 0.15) is 57.2 Å². The molecule has 0 aliphatic rings. The van der Waals surface area contributed by atoms with Crippen LogP contribution in [-0.4, -0.2) is 29.6 Å². The van der Waals surface area contributed by atoms with Gasteiger partial charge in [0.1, 0.15) is 11.5 Å². The number of rotatable bonds is 7. The number of ether oxygens (including phenoxy) is 2. The van der Waals surface area contributed by atoms with Gasteiger partial charge in [0.2, 0.25) is 0 Å². The Labute approximate surface area is 257 Å². The van der Waals surface area contributed by atoms with E-state index >= 15 is 0 Å².